The van der Waals surface area contributed by atoms with Gasteiger partial charge >= 0.3 is 0 Å². The summed E-state index contributed by atoms with van der Waals surface area (Å²) in [6, 6.07) is 0. The van der Waals surface area contributed by atoms with E-state index in [1.165, 1.54) is 6.42 Å². The Hall–Kier alpha value is -1.02. The maximum atomic E-state index is 6.38. The van der Waals surface area contributed by atoms with Crippen molar-refractivity contribution in [2.75, 3.05) is 6.61 Å². The van der Waals surface area contributed by atoms with Gasteiger partial charge in [0.15, 0.2) is 5.79 Å². The molecule has 0 bridgehead atoms. The molecule has 2 saturated heterocycles. The molecule has 7 heteroatoms. The minimum Gasteiger partial charge on any atom is -0.467 e. The topological polar surface area (TPSA) is 58.0 Å². The van der Waals surface area contributed by atoms with Gasteiger partial charge in [-0.2, -0.15) is 0 Å². The van der Waals surface area contributed by atoms with Crippen molar-refractivity contribution in [1.29, 1.82) is 0 Å². The summed E-state index contributed by atoms with van der Waals surface area (Å²) < 4.78 is 26.4. The SMILES string of the molecule is CC1(C)O[C@H]2[C@H]3CCC[C@]34O[C@]4(COC(=S)n3ccnc3)C[C@H]2O1. The molecule has 1 spiro atoms. The molecule has 1 aromatic heterocycles. The highest BCUT2D eigenvalue weighted by Gasteiger charge is 2.80. The first-order valence-corrected chi connectivity index (χ1v) is 9.07. The lowest BCUT2D eigenvalue weighted by Gasteiger charge is -2.34. The van der Waals surface area contributed by atoms with E-state index in [9.17, 15) is 0 Å². The van der Waals surface area contributed by atoms with Crippen molar-refractivity contribution < 1.29 is 18.9 Å². The zero-order valence-corrected chi connectivity index (χ0v) is 14.8. The van der Waals surface area contributed by atoms with E-state index in [-0.39, 0.29) is 23.4 Å². The molecule has 6 nitrogen and oxygen atoms in total. The number of imidazole rings is 1. The summed E-state index contributed by atoms with van der Waals surface area (Å²) in [7, 11) is 0. The van der Waals surface area contributed by atoms with E-state index in [0.717, 1.165) is 19.3 Å². The first-order chi connectivity index (χ1) is 11.4. The molecule has 5 rings (SSSR count). The van der Waals surface area contributed by atoms with Crippen LogP contribution in [-0.2, 0) is 18.9 Å². The second kappa shape index (κ2) is 4.78. The highest BCUT2D eigenvalue weighted by Crippen LogP contribution is 2.68. The second-order valence-electron chi connectivity index (χ2n) is 7.85. The molecule has 2 aliphatic carbocycles. The Morgan fingerprint density at radius 3 is 3.08 bits per heavy atom. The van der Waals surface area contributed by atoms with E-state index in [2.05, 4.69) is 4.98 Å². The van der Waals surface area contributed by atoms with Crippen LogP contribution in [0, 0.1) is 5.92 Å². The molecule has 0 radical (unpaired) electrons. The number of epoxide rings is 1. The van der Waals surface area contributed by atoms with Crippen molar-refractivity contribution in [3.05, 3.63) is 18.7 Å². The average Bonchev–Trinajstić information content (AvgIpc) is 2.98. The molecule has 4 fully saturated rings. The molecule has 130 valence electrons. The van der Waals surface area contributed by atoms with Crippen LogP contribution in [0.3, 0.4) is 0 Å². The standard InChI is InChI=1S/C17H22N2O4S/c1-15(2)21-12-8-16(9-20-14(24)19-7-6-18-10-19)17(23-16)5-3-4-11(17)13(12)22-15/h6-7,10-13H,3-5,8-9H2,1-2H3/t11-,12-,13+,16+,17+/m1/s1. The molecule has 0 N–H and O–H groups in total. The van der Waals surface area contributed by atoms with Crippen LogP contribution >= 0.6 is 12.2 Å². The lowest BCUT2D eigenvalue weighted by molar-refractivity contribution is -0.152. The summed E-state index contributed by atoms with van der Waals surface area (Å²) in [5.74, 6) is -0.118. The summed E-state index contributed by atoms with van der Waals surface area (Å²) in [5, 5.41) is 0.410. The smallest absolute Gasteiger partial charge is 0.269 e. The third-order valence-corrected chi connectivity index (χ3v) is 6.39. The Balaban J connectivity index is 1.36. The molecule has 4 aliphatic rings. The molecule has 2 saturated carbocycles. The lowest BCUT2D eigenvalue weighted by atomic mass is 9.71. The van der Waals surface area contributed by atoms with Gasteiger partial charge in [0.2, 0.25) is 0 Å². The van der Waals surface area contributed by atoms with E-state index < -0.39 is 5.79 Å². The van der Waals surface area contributed by atoms with Crippen LogP contribution in [-0.4, -0.2) is 50.5 Å². The normalized spacial score (nSPS) is 44.5. The molecular weight excluding hydrogens is 328 g/mol. The third-order valence-electron chi connectivity index (χ3n) is 6.06. The predicted molar refractivity (Wildman–Crippen MR) is 88.5 cm³/mol. The number of nitrogens with zero attached hydrogens (tertiary/aromatic N) is 2. The van der Waals surface area contributed by atoms with Crippen molar-refractivity contribution >= 4 is 17.4 Å². The fourth-order valence-electron chi connectivity index (χ4n) is 5.18. The highest BCUT2D eigenvalue weighted by atomic mass is 32.1. The Morgan fingerprint density at radius 2 is 2.29 bits per heavy atom. The lowest BCUT2D eigenvalue weighted by Crippen LogP contribution is -2.50. The number of thiocarbonyl (C=S) groups is 1. The summed E-state index contributed by atoms with van der Waals surface area (Å²) in [5.41, 5.74) is -0.397. The molecule has 0 amide bonds. The van der Waals surface area contributed by atoms with Gasteiger partial charge < -0.3 is 18.9 Å². The zero-order valence-electron chi connectivity index (χ0n) is 13.9. The molecule has 0 unspecified atom stereocenters. The average molecular weight is 350 g/mol. The second-order valence-corrected chi connectivity index (χ2v) is 8.20. The quantitative estimate of drug-likeness (QED) is 0.602. The van der Waals surface area contributed by atoms with E-state index in [4.69, 9.17) is 31.2 Å². The molecule has 24 heavy (non-hydrogen) atoms. The minimum absolute atomic E-state index is 0.0733. The summed E-state index contributed by atoms with van der Waals surface area (Å²) in [6.07, 6.45) is 9.52. The van der Waals surface area contributed by atoms with E-state index in [0.29, 0.717) is 17.7 Å². The molecule has 3 heterocycles. The maximum absolute atomic E-state index is 6.38. The molecule has 5 atom stereocenters. The van der Waals surface area contributed by atoms with E-state index in [1.54, 1.807) is 23.3 Å². The number of hydrogen-bond donors (Lipinski definition) is 0. The predicted octanol–water partition coefficient (Wildman–Crippen LogP) is 2.26. The molecule has 2 aliphatic heterocycles. The zero-order chi connectivity index (χ0) is 16.6. The van der Waals surface area contributed by atoms with Gasteiger partial charge in [-0.25, -0.2) is 4.98 Å². The van der Waals surface area contributed by atoms with Crippen LogP contribution in [0.5, 0.6) is 0 Å². The number of aromatic nitrogens is 2. The van der Waals surface area contributed by atoms with Crippen molar-refractivity contribution in [3.63, 3.8) is 0 Å². The van der Waals surface area contributed by atoms with Gasteiger partial charge in [0, 0.05) is 24.7 Å². The van der Waals surface area contributed by atoms with Crippen molar-refractivity contribution in [2.24, 2.45) is 5.92 Å². The van der Waals surface area contributed by atoms with E-state index >= 15 is 0 Å². The molecule has 0 aromatic carbocycles. The van der Waals surface area contributed by atoms with Crippen LogP contribution < -0.4 is 0 Å². The van der Waals surface area contributed by atoms with Gasteiger partial charge in [0.05, 0.1) is 12.2 Å². The summed E-state index contributed by atoms with van der Waals surface area (Å²) >= 11 is 5.35. The van der Waals surface area contributed by atoms with Crippen LogP contribution in [0.15, 0.2) is 18.7 Å². The van der Waals surface area contributed by atoms with Gasteiger partial charge in [-0.15, -0.1) is 0 Å². The van der Waals surface area contributed by atoms with Gasteiger partial charge in [-0.1, -0.05) is 0 Å². The fourth-order valence-corrected chi connectivity index (χ4v) is 5.35. The first kappa shape index (κ1) is 15.3. The largest absolute Gasteiger partial charge is 0.467 e. The Labute approximate surface area is 146 Å². The van der Waals surface area contributed by atoms with Crippen molar-refractivity contribution in [3.8, 4) is 0 Å². The van der Waals surface area contributed by atoms with Gasteiger partial charge in [-0.3, -0.25) is 4.57 Å². The molecule has 1 aromatic rings. The molecular formula is C17H22N2O4S. The van der Waals surface area contributed by atoms with E-state index in [1.807, 2.05) is 13.8 Å². The van der Waals surface area contributed by atoms with Crippen LogP contribution in [0.1, 0.15) is 39.5 Å². The summed E-state index contributed by atoms with van der Waals surface area (Å²) in [4.78, 5) is 4.00. The van der Waals surface area contributed by atoms with Crippen LogP contribution in [0.4, 0.5) is 0 Å². The van der Waals surface area contributed by atoms with Gasteiger partial charge in [0.25, 0.3) is 5.17 Å². The fraction of sp³-hybridized carbons (Fsp3) is 0.765. The number of rotatable bonds is 2. The Kier molecular flexibility index (Phi) is 3.04. The Morgan fingerprint density at radius 1 is 1.42 bits per heavy atom. The Bertz CT molecular complexity index is 678. The van der Waals surface area contributed by atoms with Gasteiger partial charge in [-0.05, 0) is 45.3 Å². The number of hydrogen-bond acceptors (Lipinski definition) is 6. The monoisotopic (exact) mass is 350 g/mol. The van der Waals surface area contributed by atoms with Gasteiger partial charge in [0.1, 0.15) is 24.1 Å². The maximum Gasteiger partial charge on any atom is 0.269 e. The van der Waals surface area contributed by atoms with Crippen molar-refractivity contribution in [2.45, 2.75) is 68.7 Å². The highest BCUT2D eigenvalue weighted by molar-refractivity contribution is 7.80. The minimum atomic E-state index is -0.510. The number of ether oxygens (including phenoxy) is 4. The third kappa shape index (κ3) is 1.98. The summed E-state index contributed by atoms with van der Waals surface area (Å²) in [6.45, 7) is 4.46. The van der Waals surface area contributed by atoms with Crippen molar-refractivity contribution in [1.82, 2.24) is 9.55 Å². The van der Waals surface area contributed by atoms with Crippen LogP contribution in [0.25, 0.3) is 0 Å². The first-order valence-electron chi connectivity index (χ1n) is 8.66. The van der Waals surface area contributed by atoms with Crippen LogP contribution in [0.2, 0.25) is 0 Å². The number of fused-ring (bicyclic) bond motifs is 2.